The third kappa shape index (κ3) is 5.65. The second kappa shape index (κ2) is 7.94. The molecular weight excluding hydrogens is 272 g/mol. The minimum absolute atomic E-state index is 0.0443. The summed E-state index contributed by atoms with van der Waals surface area (Å²) < 4.78 is 0. The molecule has 1 N–H and O–H groups in total. The van der Waals surface area contributed by atoms with Crippen LogP contribution >= 0.6 is 11.8 Å². The van der Waals surface area contributed by atoms with Gasteiger partial charge in [0.2, 0.25) is 11.8 Å². The molecule has 20 heavy (non-hydrogen) atoms. The number of carbonyl (C=O) groups is 2. The minimum atomic E-state index is -0.128. The molecule has 0 unspecified atom stereocenters. The smallest absolute Gasteiger partial charge is 0.239 e. The van der Waals surface area contributed by atoms with Crippen LogP contribution in [-0.2, 0) is 9.59 Å². The van der Waals surface area contributed by atoms with Crippen molar-refractivity contribution in [3.8, 4) is 0 Å². The first kappa shape index (κ1) is 16.6. The fourth-order valence-corrected chi connectivity index (χ4v) is 2.61. The minimum Gasteiger partial charge on any atom is -0.352 e. The van der Waals surface area contributed by atoms with E-state index in [2.05, 4.69) is 5.32 Å². The quantitative estimate of drug-likeness (QED) is 0.817. The second-order valence-electron chi connectivity index (χ2n) is 5.03. The van der Waals surface area contributed by atoms with Crippen molar-refractivity contribution in [1.29, 1.82) is 0 Å². The summed E-state index contributed by atoms with van der Waals surface area (Å²) in [6.45, 7) is 5.92. The highest BCUT2D eigenvalue weighted by Gasteiger charge is 2.14. The zero-order valence-corrected chi connectivity index (χ0v) is 13.3. The van der Waals surface area contributed by atoms with Gasteiger partial charge in [0.25, 0.3) is 0 Å². The van der Waals surface area contributed by atoms with Crippen molar-refractivity contribution in [2.45, 2.75) is 31.7 Å². The van der Waals surface area contributed by atoms with E-state index in [0.717, 1.165) is 10.5 Å². The zero-order valence-electron chi connectivity index (χ0n) is 12.5. The van der Waals surface area contributed by atoms with E-state index in [1.807, 2.05) is 45.0 Å². The van der Waals surface area contributed by atoms with Gasteiger partial charge in [-0.25, -0.2) is 0 Å². The molecule has 1 aromatic carbocycles. The Bertz CT molecular complexity index is 475. The molecule has 5 heteroatoms. The van der Waals surface area contributed by atoms with Crippen LogP contribution in [0.2, 0.25) is 0 Å². The Morgan fingerprint density at radius 3 is 2.55 bits per heavy atom. The molecule has 0 aliphatic carbocycles. The van der Waals surface area contributed by atoms with Crippen molar-refractivity contribution in [2.75, 3.05) is 19.3 Å². The zero-order chi connectivity index (χ0) is 15.1. The molecule has 0 fully saturated rings. The van der Waals surface area contributed by atoms with Crippen LogP contribution in [0.15, 0.2) is 29.2 Å². The van der Waals surface area contributed by atoms with E-state index >= 15 is 0 Å². The molecule has 4 nitrogen and oxygen atoms in total. The molecule has 0 saturated heterocycles. The molecule has 0 saturated carbocycles. The van der Waals surface area contributed by atoms with Crippen molar-refractivity contribution >= 4 is 23.6 Å². The van der Waals surface area contributed by atoms with Crippen LogP contribution in [0.25, 0.3) is 0 Å². The van der Waals surface area contributed by atoms with E-state index in [9.17, 15) is 9.59 Å². The lowest BCUT2D eigenvalue weighted by Gasteiger charge is -2.18. The monoisotopic (exact) mass is 294 g/mol. The van der Waals surface area contributed by atoms with Crippen molar-refractivity contribution in [2.24, 2.45) is 0 Å². The van der Waals surface area contributed by atoms with Gasteiger partial charge in [0, 0.05) is 18.0 Å². The molecule has 0 spiro atoms. The third-order valence-electron chi connectivity index (χ3n) is 2.70. The van der Waals surface area contributed by atoms with E-state index in [0.29, 0.717) is 5.75 Å². The molecule has 0 atom stereocenters. The average Bonchev–Trinajstić information content (AvgIpc) is 2.36. The highest BCUT2D eigenvalue weighted by molar-refractivity contribution is 8.00. The first-order valence-electron chi connectivity index (χ1n) is 6.62. The summed E-state index contributed by atoms with van der Waals surface area (Å²) in [6.07, 6.45) is 0. The van der Waals surface area contributed by atoms with Gasteiger partial charge >= 0.3 is 0 Å². The molecule has 0 aromatic heterocycles. The maximum absolute atomic E-state index is 12.0. The lowest BCUT2D eigenvalue weighted by molar-refractivity contribution is -0.132. The lowest BCUT2D eigenvalue weighted by Crippen LogP contribution is -2.41. The van der Waals surface area contributed by atoms with Crippen LogP contribution in [0.1, 0.15) is 19.4 Å². The number of hydrogen-bond donors (Lipinski definition) is 1. The Morgan fingerprint density at radius 1 is 1.30 bits per heavy atom. The van der Waals surface area contributed by atoms with Gasteiger partial charge in [-0.2, -0.15) is 0 Å². The summed E-state index contributed by atoms with van der Waals surface area (Å²) in [5, 5.41) is 2.77. The number of benzene rings is 1. The van der Waals surface area contributed by atoms with Gasteiger partial charge in [0.05, 0.1) is 12.3 Å². The van der Waals surface area contributed by atoms with Crippen LogP contribution in [-0.4, -0.2) is 42.1 Å². The molecule has 1 aromatic rings. The molecule has 0 heterocycles. The van der Waals surface area contributed by atoms with E-state index in [4.69, 9.17) is 0 Å². The Hall–Kier alpha value is -1.49. The number of nitrogens with one attached hydrogen (secondary N) is 1. The van der Waals surface area contributed by atoms with Gasteiger partial charge in [0.15, 0.2) is 0 Å². The Balaban J connectivity index is 2.42. The number of hydrogen-bond acceptors (Lipinski definition) is 3. The summed E-state index contributed by atoms with van der Waals surface area (Å²) >= 11 is 1.50. The fourth-order valence-electron chi connectivity index (χ4n) is 1.64. The van der Waals surface area contributed by atoms with Crippen molar-refractivity contribution in [3.05, 3.63) is 29.8 Å². The largest absolute Gasteiger partial charge is 0.352 e. The summed E-state index contributed by atoms with van der Waals surface area (Å²) in [7, 11) is 1.65. The van der Waals surface area contributed by atoms with Crippen molar-refractivity contribution in [1.82, 2.24) is 10.2 Å². The fraction of sp³-hybridized carbons (Fsp3) is 0.467. The number of likely N-dealkylation sites (N-methyl/N-ethyl adjacent to an activating group) is 1. The summed E-state index contributed by atoms with van der Waals surface area (Å²) in [4.78, 5) is 26.1. The normalized spacial score (nSPS) is 10.4. The first-order valence-corrected chi connectivity index (χ1v) is 7.60. The summed E-state index contributed by atoms with van der Waals surface area (Å²) in [5.41, 5.74) is 1.16. The number of thioether (sulfide) groups is 1. The number of aryl methyl sites for hydroxylation is 1. The lowest BCUT2D eigenvalue weighted by atomic mass is 10.2. The van der Waals surface area contributed by atoms with E-state index in [1.165, 1.54) is 16.7 Å². The Morgan fingerprint density at radius 2 is 1.95 bits per heavy atom. The molecule has 2 amide bonds. The van der Waals surface area contributed by atoms with E-state index in [-0.39, 0.29) is 24.4 Å². The predicted molar refractivity (Wildman–Crippen MR) is 82.8 cm³/mol. The molecule has 0 aliphatic heterocycles. The Kier molecular flexibility index (Phi) is 6.58. The van der Waals surface area contributed by atoms with Gasteiger partial charge in [-0.3, -0.25) is 9.59 Å². The van der Waals surface area contributed by atoms with Crippen molar-refractivity contribution in [3.63, 3.8) is 0 Å². The van der Waals surface area contributed by atoms with Crippen LogP contribution in [0.3, 0.4) is 0 Å². The highest BCUT2D eigenvalue weighted by Crippen LogP contribution is 2.21. The first-order chi connectivity index (χ1) is 9.40. The average molecular weight is 294 g/mol. The Labute approximate surface area is 124 Å². The molecule has 0 bridgehead atoms. The van der Waals surface area contributed by atoms with Gasteiger partial charge in [-0.05, 0) is 32.4 Å². The maximum atomic E-state index is 12.0. The highest BCUT2D eigenvalue weighted by atomic mass is 32.2. The SMILES string of the molecule is Cc1ccccc1SCC(=O)N(C)CC(=O)NC(C)C. The van der Waals surface area contributed by atoms with E-state index < -0.39 is 0 Å². The van der Waals surface area contributed by atoms with Crippen LogP contribution < -0.4 is 5.32 Å². The van der Waals surface area contributed by atoms with Crippen LogP contribution in [0, 0.1) is 6.92 Å². The van der Waals surface area contributed by atoms with Gasteiger partial charge in [0.1, 0.15) is 0 Å². The van der Waals surface area contributed by atoms with Gasteiger partial charge in [-0.15, -0.1) is 11.8 Å². The second-order valence-corrected chi connectivity index (χ2v) is 6.04. The van der Waals surface area contributed by atoms with Crippen LogP contribution in [0.4, 0.5) is 0 Å². The predicted octanol–water partition coefficient (Wildman–Crippen LogP) is 2.07. The number of nitrogens with zero attached hydrogens (tertiary/aromatic N) is 1. The number of carbonyl (C=O) groups excluding carboxylic acids is 2. The molecule has 0 radical (unpaired) electrons. The number of amides is 2. The van der Waals surface area contributed by atoms with E-state index in [1.54, 1.807) is 7.05 Å². The summed E-state index contributed by atoms with van der Waals surface area (Å²) in [6, 6.07) is 8.04. The van der Waals surface area contributed by atoms with Gasteiger partial charge in [-0.1, -0.05) is 18.2 Å². The molecule has 0 aliphatic rings. The summed E-state index contributed by atoms with van der Waals surface area (Å²) in [5.74, 6) is 0.171. The van der Waals surface area contributed by atoms with Crippen LogP contribution in [0.5, 0.6) is 0 Å². The molecule has 110 valence electrons. The third-order valence-corrected chi connectivity index (χ3v) is 3.86. The topological polar surface area (TPSA) is 49.4 Å². The van der Waals surface area contributed by atoms with Crippen molar-refractivity contribution < 1.29 is 9.59 Å². The number of rotatable bonds is 6. The van der Waals surface area contributed by atoms with Gasteiger partial charge < -0.3 is 10.2 Å². The standard InChI is InChI=1S/C15H22N2O2S/c1-11(2)16-14(18)9-17(4)15(19)10-20-13-8-6-5-7-12(13)3/h5-8,11H,9-10H2,1-4H3,(H,16,18). The maximum Gasteiger partial charge on any atom is 0.239 e. The molecule has 1 rings (SSSR count). The molecular formula is C15H22N2O2S.